The van der Waals surface area contributed by atoms with Gasteiger partial charge in [0.15, 0.2) is 0 Å². The second kappa shape index (κ2) is 4.60. The summed E-state index contributed by atoms with van der Waals surface area (Å²) in [7, 11) is 0. The van der Waals surface area contributed by atoms with E-state index in [0.717, 1.165) is 0 Å². The zero-order valence-corrected chi connectivity index (χ0v) is 8.10. The van der Waals surface area contributed by atoms with Crippen molar-refractivity contribution >= 4 is 11.9 Å². The van der Waals surface area contributed by atoms with E-state index < -0.39 is 0 Å². The third-order valence-electron chi connectivity index (χ3n) is 1.61. The number of esters is 2. The first kappa shape index (κ1) is 10.5. The summed E-state index contributed by atoms with van der Waals surface area (Å²) in [5.74, 6) is -0.458. The average molecular weight is 196 g/mol. The molecule has 14 heavy (non-hydrogen) atoms. The van der Waals surface area contributed by atoms with E-state index in [2.05, 4.69) is 9.47 Å². The Morgan fingerprint density at radius 1 is 0.929 bits per heavy atom. The molecule has 0 N–H and O–H groups in total. The zero-order valence-electron chi connectivity index (χ0n) is 8.10. The Bertz CT molecular complexity index is 260. The third-order valence-corrected chi connectivity index (χ3v) is 1.61. The highest BCUT2D eigenvalue weighted by molar-refractivity contribution is 5.84. The lowest BCUT2D eigenvalue weighted by Gasteiger charge is -1.95. The highest BCUT2D eigenvalue weighted by Crippen LogP contribution is 2.02. The van der Waals surface area contributed by atoms with Crippen LogP contribution in [0.5, 0.6) is 0 Å². The first-order chi connectivity index (χ1) is 6.58. The lowest BCUT2D eigenvalue weighted by molar-refractivity contribution is -0.138. The number of carbonyl (C=O) groups is 2. The van der Waals surface area contributed by atoms with Crippen molar-refractivity contribution in [1.82, 2.24) is 0 Å². The number of hydrogen-bond donors (Lipinski definition) is 0. The van der Waals surface area contributed by atoms with Gasteiger partial charge in [0.05, 0.1) is 0 Å². The van der Waals surface area contributed by atoms with Crippen LogP contribution < -0.4 is 0 Å². The van der Waals surface area contributed by atoms with Crippen molar-refractivity contribution in [1.29, 1.82) is 0 Å². The molecule has 0 aromatic rings. The van der Waals surface area contributed by atoms with Crippen LogP contribution in [0, 0.1) is 0 Å². The normalized spacial score (nSPS) is 28.1. The predicted molar refractivity (Wildman–Crippen MR) is 49.4 cm³/mol. The molecule has 2 atom stereocenters. The van der Waals surface area contributed by atoms with Crippen LogP contribution in [0.2, 0.25) is 0 Å². The van der Waals surface area contributed by atoms with Gasteiger partial charge >= 0.3 is 11.9 Å². The van der Waals surface area contributed by atoms with Crippen molar-refractivity contribution in [2.45, 2.75) is 26.1 Å². The SMILES string of the molecule is CC1C=CC(=O)O1.CC1C=CC(=O)O1. The molecule has 0 aromatic heterocycles. The molecule has 2 rings (SSSR count). The summed E-state index contributed by atoms with van der Waals surface area (Å²) in [4.78, 5) is 20.3. The van der Waals surface area contributed by atoms with Gasteiger partial charge < -0.3 is 9.47 Å². The maximum Gasteiger partial charge on any atom is 0.331 e. The monoisotopic (exact) mass is 196 g/mol. The molecule has 0 aromatic carbocycles. The molecule has 2 aliphatic heterocycles. The topological polar surface area (TPSA) is 52.6 Å². The first-order valence-corrected chi connectivity index (χ1v) is 4.35. The summed E-state index contributed by atoms with van der Waals surface area (Å²) < 4.78 is 9.22. The molecule has 2 aliphatic rings. The van der Waals surface area contributed by atoms with Crippen LogP contribution in [0.3, 0.4) is 0 Å². The lowest BCUT2D eigenvalue weighted by Crippen LogP contribution is -2.00. The molecule has 2 heterocycles. The van der Waals surface area contributed by atoms with E-state index >= 15 is 0 Å². The summed E-state index contributed by atoms with van der Waals surface area (Å²) in [6.07, 6.45) is 6.31. The second-order valence-corrected chi connectivity index (χ2v) is 3.00. The summed E-state index contributed by atoms with van der Waals surface area (Å²) in [5, 5.41) is 0. The number of rotatable bonds is 0. The number of cyclic esters (lactones) is 2. The largest absolute Gasteiger partial charge is 0.455 e. The molecule has 0 radical (unpaired) electrons. The van der Waals surface area contributed by atoms with E-state index in [0.29, 0.717) is 0 Å². The molecule has 4 nitrogen and oxygen atoms in total. The maximum atomic E-state index is 10.1. The minimum absolute atomic E-state index is 0.00694. The fraction of sp³-hybridized carbons (Fsp3) is 0.400. The third kappa shape index (κ3) is 3.43. The Balaban J connectivity index is 0.000000140. The molecule has 0 bridgehead atoms. The van der Waals surface area contributed by atoms with E-state index in [1.807, 2.05) is 13.8 Å². The maximum absolute atomic E-state index is 10.1. The van der Waals surface area contributed by atoms with E-state index in [4.69, 9.17) is 0 Å². The lowest BCUT2D eigenvalue weighted by atomic mass is 10.4. The number of carbonyl (C=O) groups excluding carboxylic acids is 2. The molecular weight excluding hydrogens is 184 g/mol. The molecule has 0 fully saturated rings. The average Bonchev–Trinajstić information content (AvgIpc) is 2.63. The summed E-state index contributed by atoms with van der Waals surface area (Å²) in [5.41, 5.74) is 0. The van der Waals surface area contributed by atoms with Crippen LogP contribution in [0.1, 0.15) is 13.8 Å². The van der Waals surface area contributed by atoms with Crippen LogP contribution in [-0.4, -0.2) is 24.1 Å². The van der Waals surface area contributed by atoms with Crippen molar-refractivity contribution in [3.05, 3.63) is 24.3 Å². The number of ether oxygens (including phenoxy) is 2. The molecule has 4 heteroatoms. The van der Waals surface area contributed by atoms with E-state index in [1.54, 1.807) is 12.2 Å². The quantitative estimate of drug-likeness (QED) is 0.542. The van der Waals surface area contributed by atoms with Crippen molar-refractivity contribution in [3.8, 4) is 0 Å². The van der Waals surface area contributed by atoms with Gasteiger partial charge in [-0.2, -0.15) is 0 Å². The molecule has 0 spiro atoms. The van der Waals surface area contributed by atoms with Gasteiger partial charge in [0.25, 0.3) is 0 Å². The molecule has 76 valence electrons. The smallest absolute Gasteiger partial charge is 0.331 e. The van der Waals surface area contributed by atoms with E-state index in [9.17, 15) is 9.59 Å². The van der Waals surface area contributed by atoms with Gasteiger partial charge in [-0.05, 0) is 26.0 Å². The highest BCUT2D eigenvalue weighted by atomic mass is 16.5. The highest BCUT2D eigenvalue weighted by Gasteiger charge is 2.09. The van der Waals surface area contributed by atoms with Gasteiger partial charge in [0.1, 0.15) is 12.2 Å². The van der Waals surface area contributed by atoms with Crippen LogP contribution in [0.25, 0.3) is 0 Å². The minimum atomic E-state index is -0.229. The molecule has 0 saturated carbocycles. The Morgan fingerprint density at radius 3 is 1.36 bits per heavy atom. The molecule has 0 saturated heterocycles. The van der Waals surface area contributed by atoms with Gasteiger partial charge in [0, 0.05) is 12.2 Å². The van der Waals surface area contributed by atoms with Gasteiger partial charge in [0.2, 0.25) is 0 Å². The summed E-state index contributed by atoms with van der Waals surface area (Å²) >= 11 is 0. The fourth-order valence-corrected chi connectivity index (χ4v) is 0.952. The van der Waals surface area contributed by atoms with E-state index in [1.165, 1.54) is 12.2 Å². The van der Waals surface area contributed by atoms with Crippen molar-refractivity contribution in [3.63, 3.8) is 0 Å². The van der Waals surface area contributed by atoms with Crippen molar-refractivity contribution in [2.75, 3.05) is 0 Å². The van der Waals surface area contributed by atoms with Gasteiger partial charge in [-0.1, -0.05) is 0 Å². The molecular formula is C10H12O4. The zero-order chi connectivity index (χ0) is 10.6. The van der Waals surface area contributed by atoms with Gasteiger partial charge in [-0.25, -0.2) is 9.59 Å². The Kier molecular flexibility index (Phi) is 3.45. The molecule has 2 unspecified atom stereocenters. The fourth-order valence-electron chi connectivity index (χ4n) is 0.952. The van der Waals surface area contributed by atoms with Crippen molar-refractivity contribution < 1.29 is 19.1 Å². The Labute approximate surface area is 82.2 Å². The summed E-state index contributed by atoms with van der Waals surface area (Å²) in [6.45, 7) is 3.64. The Morgan fingerprint density at radius 2 is 1.29 bits per heavy atom. The number of hydrogen-bond acceptors (Lipinski definition) is 4. The first-order valence-electron chi connectivity index (χ1n) is 4.35. The molecule has 0 amide bonds. The van der Waals surface area contributed by atoms with Crippen LogP contribution in [0.4, 0.5) is 0 Å². The van der Waals surface area contributed by atoms with Crippen LogP contribution in [0.15, 0.2) is 24.3 Å². The summed E-state index contributed by atoms with van der Waals surface area (Å²) in [6, 6.07) is 0. The predicted octanol–water partition coefficient (Wildman–Crippen LogP) is 0.976. The minimum Gasteiger partial charge on any atom is -0.455 e. The van der Waals surface area contributed by atoms with Gasteiger partial charge in [-0.15, -0.1) is 0 Å². The van der Waals surface area contributed by atoms with Crippen LogP contribution >= 0.6 is 0 Å². The molecule has 0 aliphatic carbocycles. The van der Waals surface area contributed by atoms with Crippen LogP contribution in [-0.2, 0) is 19.1 Å². The standard InChI is InChI=1S/2C5H6O2/c2*1-4-2-3-5(6)7-4/h2*2-4H,1H3. The van der Waals surface area contributed by atoms with Gasteiger partial charge in [-0.3, -0.25) is 0 Å². The van der Waals surface area contributed by atoms with Crippen molar-refractivity contribution in [2.24, 2.45) is 0 Å². The van der Waals surface area contributed by atoms with E-state index in [-0.39, 0.29) is 24.1 Å². The Hall–Kier alpha value is -1.58. The second-order valence-electron chi connectivity index (χ2n) is 3.00.